The summed E-state index contributed by atoms with van der Waals surface area (Å²) in [6.07, 6.45) is 0. The van der Waals surface area contributed by atoms with Gasteiger partial charge in [-0.3, -0.25) is 0 Å². The third-order valence-electron chi connectivity index (χ3n) is 15.7. The van der Waals surface area contributed by atoms with Crippen molar-refractivity contribution in [3.05, 3.63) is 0 Å². The number of hydrogen-bond acceptors (Lipinski definition) is 0. The van der Waals surface area contributed by atoms with E-state index in [1.807, 2.05) is 0 Å². The summed E-state index contributed by atoms with van der Waals surface area (Å²) in [4.78, 5) is 13.9. The Bertz CT molecular complexity index is 997. The van der Waals surface area contributed by atoms with Crippen LogP contribution in [0.1, 0.15) is 13.8 Å². The van der Waals surface area contributed by atoms with Crippen LogP contribution in [0.25, 0.3) is 0 Å². The molecule has 0 aliphatic carbocycles. The molecule has 0 amide bonds. The molecule has 8 heteroatoms. The topological polar surface area (TPSA) is 0 Å². The summed E-state index contributed by atoms with van der Waals surface area (Å²) in [6.45, 7) is 2.66. The van der Waals surface area contributed by atoms with Gasteiger partial charge in [-0.1, -0.05) is 0 Å². The molecule has 10 fully saturated rings. The van der Waals surface area contributed by atoms with Gasteiger partial charge in [0.25, 0.3) is 0 Å². The molecule has 10 aliphatic rings. The molecule has 10 rings (SSSR count). The van der Waals surface area contributed by atoms with Crippen molar-refractivity contribution in [2.24, 2.45) is 5.92 Å². The van der Waals surface area contributed by atoms with Crippen molar-refractivity contribution in [1.29, 1.82) is 0 Å². The first kappa shape index (κ1) is 10.4. The molecule has 124 valence electrons. The van der Waals surface area contributed by atoms with Crippen LogP contribution < -0.4 is 0 Å². The van der Waals surface area contributed by atoms with E-state index < -0.39 is 14.3 Å². The van der Waals surface area contributed by atoms with Crippen LogP contribution in [0.4, 0.5) is 25.2 Å². The Hall–Kier alpha value is 0.529. The summed E-state index contributed by atoms with van der Waals surface area (Å²) in [5.41, 5.74) is 0. The van der Waals surface area contributed by atoms with Gasteiger partial charge in [-0.25, -0.2) is 0 Å². The van der Waals surface area contributed by atoms with Crippen molar-refractivity contribution < 1.29 is 31.7 Å². The maximum absolute atomic E-state index is 10.7. The molecule has 10 heterocycles. The molecule has 0 N–H and O–H groups in total. The molecule has 0 nitrogen and oxygen atoms in total. The first-order chi connectivity index (χ1) is 8.94. The molecular weight excluding hydrogens is 357 g/mol. The molecule has 0 bridgehead atoms. The fourth-order valence-electron chi connectivity index (χ4n) is 18.0. The summed E-state index contributed by atoms with van der Waals surface area (Å²) >= 11 is 0. The SMILES string of the molecule is CC(C)[C]12[CH]3[CH]4[CH]5[CH]1[Fe]45321678[CH]2[CH]1[CH]6[CH]7[CH]28.F[P-](F)(F)(F)(F)F. The van der Waals surface area contributed by atoms with E-state index in [-0.39, 0.29) is 0 Å². The average Bonchev–Trinajstić information content (AvgIpc) is 3.20. The summed E-state index contributed by atoms with van der Waals surface area (Å²) in [5, 5.41) is 0. The van der Waals surface area contributed by atoms with Gasteiger partial charge in [0.2, 0.25) is 0 Å². The minimum absolute atomic E-state index is 1.14. The van der Waals surface area contributed by atoms with Crippen LogP contribution in [0, 0.1) is 5.92 Å². The fraction of sp³-hybridized carbons (Fsp3) is 1.00. The van der Waals surface area contributed by atoms with Gasteiger partial charge < -0.3 is 0 Å². The van der Waals surface area contributed by atoms with Gasteiger partial charge in [0.1, 0.15) is 0 Å². The average molecular weight is 373 g/mol. The van der Waals surface area contributed by atoms with E-state index in [0.717, 1.165) is 5.92 Å². The zero-order valence-corrected chi connectivity index (χ0v) is 13.3. The van der Waals surface area contributed by atoms with Crippen LogP contribution in [0.5, 0.6) is 0 Å². The van der Waals surface area contributed by atoms with E-state index in [4.69, 9.17) is 0 Å². The molecule has 21 heavy (non-hydrogen) atoms. The predicted molar refractivity (Wildman–Crippen MR) is 64.8 cm³/mol. The number of fused-ring (bicyclic) bond motifs is 10. The van der Waals surface area contributed by atoms with E-state index in [2.05, 4.69) is 13.8 Å². The molecule has 0 aromatic heterocycles. The van der Waals surface area contributed by atoms with Crippen molar-refractivity contribution in [2.45, 2.75) is 61.5 Å². The van der Waals surface area contributed by atoms with Crippen LogP contribution in [0.15, 0.2) is 0 Å². The van der Waals surface area contributed by atoms with E-state index in [0.29, 0.717) is 0 Å². The quantitative estimate of drug-likeness (QED) is 0.250. The van der Waals surface area contributed by atoms with Gasteiger partial charge in [-0.2, -0.15) is 0 Å². The molecule has 0 saturated carbocycles. The molecule has 0 aromatic carbocycles. The first-order valence-electron chi connectivity index (χ1n) is 7.72. The molecule has 0 radical (unpaired) electrons. The van der Waals surface area contributed by atoms with Crippen LogP contribution in [0.2, 0.25) is 47.7 Å². The summed E-state index contributed by atoms with van der Waals surface area (Å²) in [5.74, 6) is 1.14. The predicted octanol–water partition coefficient (Wildman–Crippen LogP) is 7.78. The van der Waals surface area contributed by atoms with E-state index in [1.54, 1.807) is 33.7 Å². The van der Waals surface area contributed by atoms with Gasteiger partial charge in [-0.05, 0) is 0 Å². The van der Waals surface area contributed by atoms with Crippen molar-refractivity contribution >= 4 is 7.81 Å². The normalized spacial score (nSPS) is 103. The molecule has 4 atom stereocenters. The van der Waals surface area contributed by atoms with Crippen LogP contribution in [0.3, 0.4) is 0 Å². The van der Waals surface area contributed by atoms with Gasteiger partial charge >= 0.3 is 107 Å². The summed E-state index contributed by atoms with van der Waals surface area (Å²) < 4.78 is 60.4. The van der Waals surface area contributed by atoms with E-state index >= 15 is 0 Å². The Balaban J connectivity index is 0.000000108. The van der Waals surface area contributed by atoms with Gasteiger partial charge in [0, 0.05) is 0 Å². The van der Waals surface area contributed by atoms with Crippen LogP contribution >= 0.6 is 7.81 Å². The summed E-state index contributed by atoms with van der Waals surface area (Å²) in [7, 11) is -10.7. The third kappa shape index (κ3) is 0.146. The Kier molecular flexibility index (Phi) is 0.416. The number of hydrogen-bond donors (Lipinski definition) is 0. The Morgan fingerprint density at radius 3 is 1.05 bits per heavy atom. The van der Waals surface area contributed by atoms with Crippen molar-refractivity contribution in [2.75, 3.05) is 0 Å². The molecule has 0 aromatic rings. The maximum atomic E-state index is 9.87. The van der Waals surface area contributed by atoms with Gasteiger partial charge in [0.15, 0.2) is 0 Å². The monoisotopic (exact) mass is 373 g/mol. The Morgan fingerprint density at radius 1 is 0.714 bits per heavy atom. The number of rotatable bonds is 1. The second-order valence-corrected chi connectivity index (χ2v) is 37.4. The minimum atomic E-state index is -10.7. The van der Waals surface area contributed by atoms with Crippen LogP contribution in [-0.2, 0) is 6.51 Å². The van der Waals surface area contributed by atoms with Gasteiger partial charge in [0.05, 0.1) is 0 Å². The molecule has 10 saturated heterocycles. The first-order valence-corrected chi connectivity index (χ1v) is 16.0. The molecule has 4 unspecified atom stereocenters. The van der Waals surface area contributed by atoms with Crippen molar-refractivity contribution in [1.82, 2.24) is 0 Å². The summed E-state index contributed by atoms with van der Waals surface area (Å²) in [6, 6.07) is 0. The molecule has 1 spiro atoms. The Labute approximate surface area is 107 Å². The van der Waals surface area contributed by atoms with Crippen LogP contribution in [-0.4, -0.2) is 0 Å². The molecule has 10 aliphatic heterocycles. The zero-order valence-electron chi connectivity index (χ0n) is 11.3. The second-order valence-electron chi connectivity index (χ2n) is 11.9. The van der Waals surface area contributed by atoms with E-state index in [1.165, 1.54) is 13.9 Å². The number of halogens is 6. The van der Waals surface area contributed by atoms with Gasteiger partial charge in [-0.15, -0.1) is 0 Å². The standard InChI is InChI=1S/C8H11.C5H5.F6P.Fe/c1-7(2)8-5-3-4-6-8;1-2-4-5-3-1;1-7(2,3,4,5)6;/h3-7H,1-2H3;1-5H;;/q;;-1;. The third-order valence-corrected chi connectivity index (χ3v) is 58.6. The van der Waals surface area contributed by atoms with E-state index in [9.17, 15) is 25.2 Å². The Morgan fingerprint density at radius 2 is 1.00 bits per heavy atom. The van der Waals surface area contributed by atoms with Crippen molar-refractivity contribution in [3.8, 4) is 0 Å². The fourth-order valence-corrected chi connectivity index (χ4v) is 94.6. The van der Waals surface area contributed by atoms with Crippen molar-refractivity contribution in [3.63, 3.8) is 0 Å². The second kappa shape index (κ2) is 0.840. The molecular formula is C13H16F6FeP-. The zero-order chi connectivity index (χ0) is 15.0.